The highest BCUT2D eigenvalue weighted by atomic mass is 16.5. The number of ether oxygens (including phenoxy) is 1. The monoisotopic (exact) mass is 516 g/mol. The van der Waals surface area contributed by atoms with E-state index in [4.69, 9.17) is 4.74 Å². The first kappa shape index (κ1) is 25.6. The molecule has 38 heavy (non-hydrogen) atoms. The number of hydrogen-bond donors (Lipinski definition) is 3. The van der Waals surface area contributed by atoms with E-state index in [2.05, 4.69) is 42.5 Å². The van der Waals surface area contributed by atoms with Gasteiger partial charge in [0.15, 0.2) is 0 Å². The van der Waals surface area contributed by atoms with Crippen LogP contribution in [-0.4, -0.2) is 74.3 Å². The van der Waals surface area contributed by atoms with Crippen LogP contribution >= 0.6 is 0 Å². The van der Waals surface area contributed by atoms with Crippen LogP contribution in [0.4, 0.5) is 11.4 Å². The topological polar surface area (TPSA) is 130 Å². The number of amides is 2. The van der Waals surface area contributed by atoms with Gasteiger partial charge in [0.25, 0.3) is 5.91 Å². The number of aromatic amines is 1. The molecule has 1 atom stereocenters. The quantitative estimate of drug-likeness (QED) is 0.311. The largest absolute Gasteiger partial charge is 0.383 e. The molecule has 0 aromatic carbocycles. The predicted octanol–water partition coefficient (Wildman–Crippen LogP) is 3.45. The van der Waals surface area contributed by atoms with Gasteiger partial charge in [0.1, 0.15) is 5.65 Å². The van der Waals surface area contributed by atoms with Crippen molar-refractivity contribution in [1.82, 2.24) is 29.6 Å². The minimum atomic E-state index is -0.311. The summed E-state index contributed by atoms with van der Waals surface area (Å²) in [6.07, 6.45) is 9.07. The van der Waals surface area contributed by atoms with Crippen LogP contribution in [0.25, 0.3) is 22.3 Å². The molecule has 0 unspecified atom stereocenters. The highest BCUT2D eigenvalue weighted by Gasteiger charge is 2.22. The van der Waals surface area contributed by atoms with Gasteiger partial charge in [-0.3, -0.25) is 24.2 Å². The second kappa shape index (κ2) is 11.1. The van der Waals surface area contributed by atoms with Gasteiger partial charge in [-0.2, -0.15) is 5.10 Å². The molecule has 0 saturated carbocycles. The number of rotatable bonds is 9. The first-order valence-corrected chi connectivity index (χ1v) is 12.7. The molecule has 1 aliphatic heterocycles. The number of aromatic nitrogens is 5. The Labute approximate surface area is 220 Å². The standard InChI is InChI=1S/C27H32N8O3/c1-17-5-4-6-34(17)16-25(36)31-22-11-23(18(2)28-14-22)33-27(37)20-9-19-10-24(32-26(19)29-12-20)21-13-30-35(15-21)7-8-38-3/h9-15,17H,4-8,16H2,1-3H3,(H,29,32)(H,31,36)(H,33,37)/t17-/m0/s1. The van der Waals surface area contributed by atoms with E-state index in [1.807, 2.05) is 16.9 Å². The number of carbonyl (C=O) groups excluding carboxylic acids is 2. The van der Waals surface area contributed by atoms with Crippen molar-refractivity contribution in [2.24, 2.45) is 0 Å². The fourth-order valence-corrected chi connectivity index (χ4v) is 4.64. The SMILES string of the molecule is COCCn1cc(-c2cc3cc(C(=O)Nc4cc(NC(=O)CN5CCC[C@@H]5C)cnc4C)cnc3[nH]2)cn1. The Kier molecular flexibility index (Phi) is 7.47. The minimum absolute atomic E-state index is 0.0937. The number of carbonyl (C=O) groups is 2. The van der Waals surface area contributed by atoms with Crippen LogP contribution < -0.4 is 10.6 Å². The van der Waals surface area contributed by atoms with Crippen molar-refractivity contribution >= 4 is 34.2 Å². The van der Waals surface area contributed by atoms with E-state index in [9.17, 15) is 9.59 Å². The second-order valence-corrected chi connectivity index (χ2v) is 9.65. The zero-order valence-corrected chi connectivity index (χ0v) is 21.8. The van der Waals surface area contributed by atoms with Crippen molar-refractivity contribution in [2.75, 3.05) is 37.4 Å². The number of anilines is 2. The molecular formula is C27H32N8O3. The zero-order valence-electron chi connectivity index (χ0n) is 21.8. The van der Waals surface area contributed by atoms with Crippen molar-refractivity contribution in [2.45, 2.75) is 39.3 Å². The lowest BCUT2D eigenvalue weighted by Crippen LogP contribution is -2.35. The number of hydrogen-bond acceptors (Lipinski definition) is 7. The maximum Gasteiger partial charge on any atom is 0.257 e. The molecule has 198 valence electrons. The molecule has 11 nitrogen and oxygen atoms in total. The van der Waals surface area contributed by atoms with Crippen molar-refractivity contribution in [3.05, 3.63) is 54.2 Å². The van der Waals surface area contributed by atoms with Crippen LogP contribution in [0.3, 0.4) is 0 Å². The third-order valence-electron chi connectivity index (χ3n) is 6.86. The molecule has 1 aliphatic rings. The van der Waals surface area contributed by atoms with Gasteiger partial charge in [0, 0.05) is 36.5 Å². The van der Waals surface area contributed by atoms with E-state index in [1.165, 1.54) is 6.20 Å². The summed E-state index contributed by atoms with van der Waals surface area (Å²) in [5, 5.41) is 11.0. The summed E-state index contributed by atoms with van der Waals surface area (Å²) < 4.78 is 6.92. The third kappa shape index (κ3) is 5.74. The second-order valence-electron chi connectivity index (χ2n) is 9.65. The Hall–Kier alpha value is -4.09. The first-order chi connectivity index (χ1) is 18.4. The van der Waals surface area contributed by atoms with Crippen molar-refractivity contribution in [1.29, 1.82) is 0 Å². The molecule has 1 fully saturated rings. The van der Waals surface area contributed by atoms with Gasteiger partial charge < -0.3 is 20.4 Å². The van der Waals surface area contributed by atoms with Gasteiger partial charge in [-0.15, -0.1) is 0 Å². The Morgan fingerprint density at radius 3 is 2.82 bits per heavy atom. The summed E-state index contributed by atoms with van der Waals surface area (Å²) in [6, 6.07) is 5.87. The van der Waals surface area contributed by atoms with Gasteiger partial charge in [-0.05, 0) is 51.4 Å². The van der Waals surface area contributed by atoms with Crippen LogP contribution in [0.1, 0.15) is 35.8 Å². The molecule has 4 aromatic heterocycles. The molecule has 11 heteroatoms. The summed E-state index contributed by atoms with van der Waals surface area (Å²) in [5.41, 5.74) is 4.59. The van der Waals surface area contributed by atoms with E-state index in [-0.39, 0.29) is 11.8 Å². The Morgan fingerprint density at radius 1 is 1.16 bits per heavy atom. The lowest BCUT2D eigenvalue weighted by molar-refractivity contribution is -0.117. The number of aryl methyl sites for hydroxylation is 1. The zero-order chi connectivity index (χ0) is 26.6. The number of pyridine rings is 2. The average Bonchev–Trinajstić information content (AvgIpc) is 3.64. The predicted molar refractivity (Wildman–Crippen MR) is 145 cm³/mol. The van der Waals surface area contributed by atoms with Crippen LogP contribution in [0.5, 0.6) is 0 Å². The summed E-state index contributed by atoms with van der Waals surface area (Å²) in [7, 11) is 1.66. The Balaban J connectivity index is 1.27. The van der Waals surface area contributed by atoms with E-state index in [0.717, 1.165) is 36.0 Å². The maximum atomic E-state index is 13.1. The van der Waals surface area contributed by atoms with E-state index in [0.29, 0.717) is 54.0 Å². The highest BCUT2D eigenvalue weighted by molar-refractivity contribution is 6.06. The van der Waals surface area contributed by atoms with Gasteiger partial charge in [-0.25, -0.2) is 4.98 Å². The summed E-state index contributed by atoms with van der Waals surface area (Å²) in [4.78, 5) is 39.9. The maximum absolute atomic E-state index is 13.1. The molecule has 1 saturated heterocycles. The number of nitrogens with zero attached hydrogens (tertiary/aromatic N) is 5. The van der Waals surface area contributed by atoms with Crippen molar-refractivity contribution < 1.29 is 14.3 Å². The average molecular weight is 517 g/mol. The van der Waals surface area contributed by atoms with Gasteiger partial charge in [0.2, 0.25) is 5.91 Å². The van der Waals surface area contributed by atoms with E-state index < -0.39 is 0 Å². The molecule has 0 aliphatic carbocycles. The Morgan fingerprint density at radius 2 is 2.03 bits per heavy atom. The van der Waals surface area contributed by atoms with E-state index >= 15 is 0 Å². The fraction of sp³-hybridized carbons (Fsp3) is 0.370. The normalized spacial score (nSPS) is 15.7. The summed E-state index contributed by atoms with van der Waals surface area (Å²) in [6.45, 7) is 6.46. The molecule has 2 amide bonds. The lowest BCUT2D eigenvalue weighted by atomic mass is 10.2. The molecule has 0 radical (unpaired) electrons. The first-order valence-electron chi connectivity index (χ1n) is 12.7. The van der Waals surface area contributed by atoms with Crippen LogP contribution in [0.2, 0.25) is 0 Å². The van der Waals surface area contributed by atoms with Crippen molar-refractivity contribution in [3.8, 4) is 11.3 Å². The number of H-pyrrole nitrogens is 1. The minimum Gasteiger partial charge on any atom is -0.383 e. The van der Waals surface area contributed by atoms with Crippen molar-refractivity contribution in [3.63, 3.8) is 0 Å². The fourth-order valence-electron chi connectivity index (χ4n) is 4.64. The number of fused-ring (bicyclic) bond motifs is 1. The summed E-state index contributed by atoms with van der Waals surface area (Å²) >= 11 is 0. The molecule has 4 aromatic rings. The van der Waals surface area contributed by atoms with Crippen LogP contribution in [-0.2, 0) is 16.1 Å². The van der Waals surface area contributed by atoms with Gasteiger partial charge >= 0.3 is 0 Å². The molecule has 5 heterocycles. The smallest absolute Gasteiger partial charge is 0.257 e. The molecular weight excluding hydrogens is 484 g/mol. The molecule has 5 rings (SSSR count). The highest BCUT2D eigenvalue weighted by Crippen LogP contribution is 2.24. The molecule has 0 bridgehead atoms. The number of likely N-dealkylation sites (tertiary alicyclic amines) is 1. The van der Waals surface area contributed by atoms with E-state index in [1.54, 1.807) is 38.6 Å². The third-order valence-corrected chi connectivity index (χ3v) is 6.86. The van der Waals surface area contributed by atoms with Crippen LogP contribution in [0.15, 0.2) is 43.0 Å². The van der Waals surface area contributed by atoms with Crippen LogP contribution in [0, 0.1) is 6.92 Å². The van der Waals surface area contributed by atoms with Gasteiger partial charge in [0.05, 0.1) is 60.4 Å². The number of methoxy groups -OCH3 is 1. The molecule has 0 spiro atoms. The Bertz CT molecular complexity index is 1460. The molecule has 3 N–H and O–H groups in total. The summed E-state index contributed by atoms with van der Waals surface area (Å²) in [5.74, 6) is -0.405. The van der Waals surface area contributed by atoms with Gasteiger partial charge in [-0.1, -0.05) is 0 Å². The lowest BCUT2D eigenvalue weighted by Gasteiger charge is -2.20. The number of nitrogens with one attached hydrogen (secondary N) is 3.